The van der Waals surface area contributed by atoms with Crippen LogP contribution in [0.5, 0.6) is 0 Å². The summed E-state index contributed by atoms with van der Waals surface area (Å²) in [5.41, 5.74) is 1.07. The van der Waals surface area contributed by atoms with E-state index in [1.165, 1.54) is 6.07 Å². The zero-order chi connectivity index (χ0) is 14.5. The molecule has 2 aromatic rings. The summed E-state index contributed by atoms with van der Waals surface area (Å²) in [7, 11) is 0. The average Bonchev–Trinajstić information content (AvgIpc) is 2.48. The third kappa shape index (κ3) is 3.21. The summed E-state index contributed by atoms with van der Waals surface area (Å²) in [6, 6.07) is 12.5. The van der Waals surface area contributed by atoms with Crippen LogP contribution in [-0.4, -0.2) is 11.7 Å². The zero-order valence-electron chi connectivity index (χ0n) is 11.1. The van der Waals surface area contributed by atoms with Crippen molar-refractivity contribution in [3.05, 3.63) is 71.3 Å². The predicted molar refractivity (Wildman–Crippen MR) is 72.1 cm³/mol. The standard InChI is InChI=1S/C16H16F2O2/c1-2-20-16(11-6-4-3-5-7-11)15(19)12-8-9-13(17)14(18)10-12/h3-10,15-16,19H,2H2,1H3. The molecule has 2 rings (SSSR count). The van der Waals surface area contributed by atoms with E-state index in [0.717, 1.165) is 17.7 Å². The first-order chi connectivity index (χ1) is 9.63. The van der Waals surface area contributed by atoms with E-state index in [-0.39, 0.29) is 5.56 Å². The van der Waals surface area contributed by atoms with Gasteiger partial charge in [0.05, 0.1) is 0 Å². The number of aliphatic hydroxyl groups is 1. The first kappa shape index (κ1) is 14.6. The second kappa shape index (κ2) is 6.59. The number of rotatable bonds is 5. The number of ether oxygens (including phenoxy) is 1. The van der Waals surface area contributed by atoms with Crippen molar-refractivity contribution in [1.29, 1.82) is 0 Å². The largest absolute Gasteiger partial charge is 0.385 e. The molecule has 0 bridgehead atoms. The quantitative estimate of drug-likeness (QED) is 0.902. The molecule has 0 spiro atoms. The zero-order valence-corrected chi connectivity index (χ0v) is 11.1. The molecule has 0 aliphatic rings. The fourth-order valence-corrected chi connectivity index (χ4v) is 2.06. The van der Waals surface area contributed by atoms with Gasteiger partial charge in [0.15, 0.2) is 11.6 Å². The van der Waals surface area contributed by atoms with E-state index in [2.05, 4.69) is 0 Å². The lowest BCUT2D eigenvalue weighted by Gasteiger charge is -2.23. The van der Waals surface area contributed by atoms with E-state index in [9.17, 15) is 13.9 Å². The van der Waals surface area contributed by atoms with E-state index >= 15 is 0 Å². The summed E-state index contributed by atoms with van der Waals surface area (Å²) in [5.74, 6) is -1.92. The van der Waals surface area contributed by atoms with Gasteiger partial charge in [-0.1, -0.05) is 36.4 Å². The third-order valence-corrected chi connectivity index (χ3v) is 3.05. The SMILES string of the molecule is CCOC(c1ccccc1)C(O)c1ccc(F)c(F)c1. The molecule has 2 unspecified atom stereocenters. The third-order valence-electron chi connectivity index (χ3n) is 3.05. The van der Waals surface area contributed by atoms with Crippen molar-refractivity contribution in [3.63, 3.8) is 0 Å². The number of aliphatic hydroxyl groups excluding tert-OH is 1. The van der Waals surface area contributed by atoms with Crippen LogP contribution in [0.25, 0.3) is 0 Å². The van der Waals surface area contributed by atoms with Crippen LogP contribution in [0.3, 0.4) is 0 Å². The van der Waals surface area contributed by atoms with Crippen LogP contribution in [0.1, 0.15) is 30.3 Å². The summed E-state index contributed by atoms with van der Waals surface area (Å²) in [4.78, 5) is 0. The Labute approximate surface area is 116 Å². The lowest BCUT2D eigenvalue weighted by atomic mass is 9.98. The van der Waals surface area contributed by atoms with Gasteiger partial charge in [-0.25, -0.2) is 8.78 Å². The number of halogens is 2. The highest BCUT2D eigenvalue weighted by Crippen LogP contribution is 2.32. The molecule has 2 atom stereocenters. The second-order valence-corrected chi connectivity index (χ2v) is 4.41. The molecule has 0 aromatic heterocycles. The molecule has 0 aliphatic carbocycles. The van der Waals surface area contributed by atoms with E-state index in [1.807, 2.05) is 37.3 Å². The molecule has 0 aliphatic heterocycles. The lowest BCUT2D eigenvalue weighted by Crippen LogP contribution is -2.15. The Kier molecular flexibility index (Phi) is 4.82. The van der Waals surface area contributed by atoms with Crippen molar-refractivity contribution >= 4 is 0 Å². The number of benzene rings is 2. The second-order valence-electron chi connectivity index (χ2n) is 4.41. The van der Waals surface area contributed by atoms with Crippen LogP contribution >= 0.6 is 0 Å². The molecule has 0 fully saturated rings. The fourth-order valence-electron chi connectivity index (χ4n) is 2.06. The van der Waals surface area contributed by atoms with Crippen molar-refractivity contribution in [2.24, 2.45) is 0 Å². The molecule has 20 heavy (non-hydrogen) atoms. The number of hydrogen-bond donors (Lipinski definition) is 1. The minimum Gasteiger partial charge on any atom is -0.385 e. The van der Waals surface area contributed by atoms with Gasteiger partial charge in [0.1, 0.15) is 12.2 Å². The Balaban J connectivity index is 2.31. The van der Waals surface area contributed by atoms with E-state index in [4.69, 9.17) is 4.74 Å². The Morgan fingerprint density at radius 2 is 1.70 bits per heavy atom. The smallest absolute Gasteiger partial charge is 0.159 e. The van der Waals surface area contributed by atoms with Gasteiger partial charge >= 0.3 is 0 Å². The van der Waals surface area contributed by atoms with Crippen molar-refractivity contribution in [1.82, 2.24) is 0 Å². The predicted octanol–water partition coefficient (Wildman–Crippen LogP) is 3.78. The first-order valence-electron chi connectivity index (χ1n) is 6.43. The highest BCUT2D eigenvalue weighted by Gasteiger charge is 2.24. The van der Waals surface area contributed by atoms with Crippen molar-refractivity contribution in [3.8, 4) is 0 Å². The summed E-state index contributed by atoms with van der Waals surface area (Å²) < 4.78 is 31.8. The molecular weight excluding hydrogens is 262 g/mol. The molecule has 2 aromatic carbocycles. The topological polar surface area (TPSA) is 29.5 Å². The summed E-state index contributed by atoms with van der Waals surface area (Å²) in [5, 5.41) is 10.4. The molecule has 0 radical (unpaired) electrons. The number of hydrogen-bond acceptors (Lipinski definition) is 2. The van der Waals surface area contributed by atoms with Crippen LogP contribution < -0.4 is 0 Å². The van der Waals surface area contributed by atoms with E-state index in [0.29, 0.717) is 6.61 Å². The summed E-state index contributed by atoms with van der Waals surface area (Å²) in [6.45, 7) is 2.22. The van der Waals surface area contributed by atoms with Crippen LogP contribution in [-0.2, 0) is 4.74 Å². The van der Waals surface area contributed by atoms with Crippen LogP contribution in [0, 0.1) is 11.6 Å². The van der Waals surface area contributed by atoms with Crippen molar-refractivity contribution < 1.29 is 18.6 Å². The molecule has 106 valence electrons. The minimum absolute atomic E-state index is 0.284. The summed E-state index contributed by atoms with van der Waals surface area (Å²) in [6.07, 6.45) is -1.68. The van der Waals surface area contributed by atoms with Gasteiger partial charge in [-0.05, 0) is 30.2 Å². The Bertz CT molecular complexity index is 558. The Morgan fingerprint density at radius 1 is 1.00 bits per heavy atom. The van der Waals surface area contributed by atoms with Crippen LogP contribution in [0.15, 0.2) is 48.5 Å². The Morgan fingerprint density at radius 3 is 2.30 bits per heavy atom. The van der Waals surface area contributed by atoms with Gasteiger partial charge < -0.3 is 9.84 Å². The van der Waals surface area contributed by atoms with E-state index in [1.54, 1.807) is 0 Å². The maximum Gasteiger partial charge on any atom is 0.159 e. The van der Waals surface area contributed by atoms with Crippen molar-refractivity contribution in [2.45, 2.75) is 19.1 Å². The van der Waals surface area contributed by atoms with Gasteiger partial charge in [0.2, 0.25) is 0 Å². The average molecular weight is 278 g/mol. The molecule has 1 N–H and O–H groups in total. The summed E-state index contributed by atoms with van der Waals surface area (Å²) >= 11 is 0. The molecule has 4 heteroatoms. The molecule has 2 nitrogen and oxygen atoms in total. The minimum atomic E-state index is -1.06. The molecule has 0 saturated heterocycles. The normalized spacial score (nSPS) is 14.0. The van der Waals surface area contributed by atoms with Crippen molar-refractivity contribution in [2.75, 3.05) is 6.61 Å². The fraction of sp³-hybridized carbons (Fsp3) is 0.250. The Hall–Kier alpha value is -1.78. The van der Waals surface area contributed by atoms with Gasteiger partial charge in [-0.3, -0.25) is 0 Å². The molecular formula is C16H16F2O2. The monoisotopic (exact) mass is 278 g/mol. The molecule has 0 heterocycles. The molecule has 0 saturated carbocycles. The maximum atomic E-state index is 13.3. The maximum absolute atomic E-state index is 13.3. The highest BCUT2D eigenvalue weighted by molar-refractivity contribution is 5.26. The van der Waals surface area contributed by atoms with Gasteiger partial charge in [0, 0.05) is 6.61 Å². The van der Waals surface area contributed by atoms with Crippen LogP contribution in [0.4, 0.5) is 8.78 Å². The lowest BCUT2D eigenvalue weighted by molar-refractivity contribution is -0.0363. The first-order valence-corrected chi connectivity index (χ1v) is 6.43. The highest BCUT2D eigenvalue weighted by atomic mass is 19.2. The van der Waals surface area contributed by atoms with Gasteiger partial charge in [-0.2, -0.15) is 0 Å². The molecule has 0 amide bonds. The van der Waals surface area contributed by atoms with Crippen LogP contribution in [0.2, 0.25) is 0 Å². The van der Waals surface area contributed by atoms with Gasteiger partial charge in [0.25, 0.3) is 0 Å². The van der Waals surface area contributed by atoms with Gasteiger partial charge in [-0.15, -0.1) is 0 Å². The van der Waals surface area contributed by atoms with E-state index < -0.39 is 23.8 Å².